The zero-order chi connectivity index (χ0) is 23.4. The van der Waals surface area contributed by atoms with Crippen LogP contribution in [-0.4, -0.2) is 23.6 Å². The molecule has 0 saturated carbocycles. The number of carbonyl (C=O) groups excluding carboxylic acids is 2. The van der Waals surface area contributed by atoms with Gasteiger partial charge < -0.3 is 10.5 Å². The average molecular weight is 498 g/mol. The molecular formula is C24H17Cl2N3O3S. The number of nitrogens with zero attached hydrogens (tertiary/aromatic N) is 2. The molecule has 0 aromatic heterocycles. The van der Waals surface area contributed by atoms with Gasteiger partial charge in [0.15, 0.2) is 11.8 Å². The number of nitrogens with two attached hydrogens (primary N) is 1. The van der Waals surface area contributed by atoms with Crippen molar-refractivity contribution in [3.63, 3.8) is 0 Å². The molecule has 0 radical (unpaired) electrons. The van der Waals surface area contributed by atoms with Crippen molar-refractivity contribution in [2.24, 2.45) is 10.7 Å². The predicted octanol–water partition coefficient (Wildman–Crippen LogP) is 5.67. The Hall–Kier alpha value is -3.26. The van der Waals surface area contributed by atoms with Gasteiger partial charge in [0.1, 0.15) is 5.75 Å². The molecule has 1 aliphatic heterocycles. The Morgan fingerprint density at radius 3 is 2.30 bits per heavy atom. The summed E-state index contributed by atoms with van der Waals surface area (Å²) in [5.74, 6) is -0.395. The number of hydrogen-bond acceptors (Lipinski definition) is 5. The highest BCUT2D eigenvalue weighted by molar-refractivity contribution is 8.19. The van der Waals surface area contributed by atoms with Crippen molar-refractivity contribution in [1.29, 1.82) is 0 Å². The normalized spacial score (nSPS) is 15.9. The summed E-state index contributed by atoms with van der Waals surface area (Å²) in [5.41, 5.74) is 7.11. The summed E-state index contributed by atoms with van der Waals surface area (Å²) < 4.78 is 5.49. The molecule has 3 aromatic rings. The molecule has 1 fully saturated rings. The number of amidine groups is 1. The molecule has 0 bridgehead atoms. The smallest absolute Gasteiger partial charge is 0.271 e. The van der Waals surface area contributed by atoms with Gasteiger partial charge in [0.2, 0.25) is 0 Å². The van der Waals surface area contributed by atoms with Crippen LogP contribution in [0.25, 0.3) is 6.08 Å². The highest BCUT2D eigenvalue weighted by atomic mass is 35.5. The van der Waals surface area contributed by atoms with Crippen LogP contribution < -0.4 is 15.4 Å². The lowest BCUT2D eigenvalue weighted by Gasteiger charge is -2.15. The van der Waals surface area contributed by atoms with E-state index in [0.29, 0.717) is 42.8 Å². The molecule has 9 heteroatoms. The number of primary amides is 1. The third-order valence-electron chi connectivity index (χ3n) is 4.52. The van der Waals surface area contributed by atoms with E-state index in [1.54, 1.807) is 72.8 Å². The van der Waals surface area contributed by atoms with Crippen molar-refractivity contribution in [1.82, 2.24) is 0 Å². The molecule has 3 aromatic carbocycles. The average Bonchev–Trinajstić information content (AvgIpc) is 3.10. The molecule has 0 atom stereocenters. The minimum Gasteiger partial charge on any atom is -0.483 e. The van der Waals surface area contributed by atoms with Crippen LogP contribution in [0.1, 0.15) is 5.56 Å². The number of carbonyl (C=O) groups is 2. The number of benzene rings is 3. The summed E-state index contributed by atoms with van der Waals surface area (Å²) >= 11 is 13.2. The molecule has 1 saturated heterocycles. The number of anilines is 1. The number of para-hydroxylation sites is 1. The Labute approximate surface area is 204 Å². The first-order valence-electron chi connectivity index (χ1n) is 9.74. The molecule has 2 amide bonds. The summed E-state index contributed by atoms with van der Waals surface area (Å²) in [7, 11) is 0. The van der Waals surface area contributed by atoms with Crippen LogP contribution >= 0.6 is 35.0 Å². The number of thioether (sulfide) groups is 1. The van der Waals surface area contributed by atoms with Crippen LogP contribution in [0, 0.1) is 0 Å². The maximum atomic E-state index is 13.4. The van der Waals surface area contributed by atoms with Crippen LogP contribution in [0.4, 0.5) is 11.4 Å². The van der Waals surface area contributed by atoms with Crippen molar-refractivity contribution in [3.8, 4) is 5.75 Å². The van der Waals surface area contributed by atoms with Crippen LogP contribution in [0.15, 0.2) is 82.7 Å². The van der Waals surface area contributed by atoms with Gasteiger partial charge in [-0.15, -0.1) is 0 Å². The minimum atomic E-state index is -0.588. The number of amides is 2. The minimum absolute atomic E-state index is 0.250. The first-order chi connectivity index (χ1) is 15.9. The van der Waals surface area contributed by atoms with E-state index in [2.05, 4.69) is 4.99 Å². The standard InChI is InChI=1S/C24H17Cl2N3O3S/c25-16-5-9-18(10-6-16)28-24-29(19-11-7-17(26)8-12-19)23(31)21(33-24)13-15-3-1-2-4-20(15)32-14-22(27)30/h1-13H,14H2,(H2,27,30). The fraction of sp³-hybridized carbons (Fsp3) is 0.0417. The van der Waals surface area contributed by atoms with Crippen LogP contribution in [0.3, 0.4) is 0 Å². The van der Waals surface area contributed by atoms with E-state index >= 15 is 0 Å². The molecule has 0 aliphatic carbocycles. The van der Waals surface area contributed by atoms with Gasteiger partial charge in [-0.2, -0.15) is 0 Å². The van der Waals surface area contributed by atoms with Crippen LogP contribution in [0.5, 0.6) is 5.75 Å². The quantitative estimate of drug-likeness (QED) is 0.444. The number of hydrogen-bond donors (Lipinski definition) is 1. The Balaban J connectivity index is 1.74. The zero-order valence-electron chi connectivity index (χ0n) is 17.1. The Morgan fingerprint density at radius 1 is 1.00 bits per heavy atom. The lowest BCUT2D eigenvalue weighted by atomic mass is 10.2. The Kier molecular flexibility index (Phi) is 7.03. The fourth-order valence-electron chi connectivity index (χ4n) is 3.01. The second-order valence-electron chi connectivity index (χ2n) is 6.89. The first-order valence-corrected chi connectivity index (χ1v) is 11.3. The van der Waals surface area contributed by atoms with E-state index in [0.717, 1.165) is 0 Å². The van der Waals surface area contributed by atoms with Gasteiger partial charge >= 0.3 is 0 Å². The van der Waals surface area contributed by atoms with Gasteiger partial charge in [0.05, 0.1) is 16.3 Å². The van der Waals surface area contributed by atoms with Gasteiger partial charge in [-0.3, -0.25) is 14.5 Å². The van der Waals surface area contributed by atoms with E-state index in [1.165, 1.54) is 16.7 Å². The molecule has 0 unspecified atom stereocenters. The Morgan fingerprint density at radius 2 is 1.64 bits per heavy atom. The predicted molar refractivity (Wildman–Crippen MR) is 134 cm³/mol. The van der Waals surface area contributed by atoms with Gasteiger partial charge in [-0.1, -0.05) is 41.4 Å². The highest BCUT2D eigenvalue weighted by Crippen LogP contribution is 2.38. The first kappa shape index (κ1) is 22.9. The second kappa shape index (κ2) is 10.1. The number of ether oxygens (including phenoxy) is 1. The summed E-state index contributed by atoms with van der Waals surface area (Å²) in [6.45, 7) is -0.262. The molecule has 4 rings (SSSR count). The maximum absolute atomic E-state index is 13.4. The number of rotatable bonds is 6. The van der Waals surface area contributed by atoms with E-state index in [9.17, 15) is 9.59 Å². The number of halogens is 2. The molecule has 1 heterocycles. The molecule has 33 heavy (non-hydrogen) atoms. The molecule has 2 N–H and O–H groups in total. The lowest BCUT2D eigenvalue weighted by Crippen LogP contribution is -2.28. The second-order valence-corrected chi connectivity index (χ2v) is 8.77. The molecule has 1 aliphatic rings. The van der Waals surface area contributed by atoms with Crippen molar-refractivity contribution >= 4 is 69.4 Å². The lowest BCUT2D eigenvalue weighted by molar-refractivity contribution is -0.120. The summed E-state index contributed by atoms with van der Waals surface area (Å²) in [6, 6.07) is 21.0. The van der Waals surface area contributed by atoms with Gasteiger partial charge in [0.25, 0.3) is 11.8 Å². The van der Waals surface area contributed by atoms with Crippen molar-refractivity contribution in [2.75, 3.05) is 11.5 Å². The van der Waals surface area contributed by atoms with Crippen LogP contribution in [0.2, 0.25) is 10.0 Å². The Bertz CT molecular complexity index is 1260. The van der Waals surface area contributed by atoms with Crippen molar-refractivity contribution < 1.29 is 14.3 Å². The van der Waals surface area contributed by atoms with E-state index in [1.807, 2.05) is 6.07 Å². The molecule has 166 valence electrons. The number of aliphatic imine (C=N–C) groups is 1. The largest absolute Gasteiger partial charge is 0.483 e. The van der Waals surface area contributed by atoms with Gasteiger partial charge in [-0.25, -0.2) is 4.99 Å². The molecular weight excluding hydrogens is 481 g/mol. The van der Waals surface area contributed by atoms with Gasteiger partial charge in [0, 0.05) is 15.6 Å². The van der Waals surface area contributed by atoms with Gasteiger partial charge in [-0.05, 0) is 72.4 Å². The van der Waals surface area contributed by atoms with Crippen LogP contribution in [-0.2, 0) is 9.59 Å². The van der Waals surface area contributed by atoms with Crippen molar-refractivity contribution in [2.45, 2.75) is 0 Å². The third-order valence-corrected chi connectivity index (χ3v) is 5.99. The summed E-state index contributed by atoms with van der Waals surface area (Å²) in [5, 5.41) is 1.63. The fourth-order valence-corrected chi connectivity index (χ4v) is 4.26. The van der Waals surface area contributed by atoms with Crippen molar-refractivity contribution in [3.05, 3.63) is 93.3 Å². The summed E-state index contributed by atoms with van der Waals surface area (Å²) in [4.78, 5) is 31.2. The van der Waals surface area contributed by atoms with E-state index in [4.69, 9.17) is 33.7 Å². The monoisotopic (exact) mass is 497 g/mol. The topological polar surface area (TPSA) is 85.0 Å². The maximum Gasteiger partial charge on any atom is 0.271 e. The highest BCUT2D eigenvalue weighted by Gasteiger charge is 2.35. The molecule has 0 spiro atoms. The molecule has 6 nitrogen and oxygen atoms in total. The summed E-state index contributed by atoms with van der Waals surface area (Å²) in [6.07, 6.45) is 1.70. The van der Waals surface area contributed by atoms with E-state index in [-0.39, 0.29) is 12.5 Å². The zero-order valence-corrected chi connectivity index (χ0v) is 19.4. The third kappa shape index (κ3) is 5.57. The van der Waals surface area contributed by atoms with E-state index < -0.39 is 5.91 Å². The SMILES string of the molecule is NC(=O)COc1ccccc1C=C1SC(=Nc2ccc(Cl)cc2)N(c2ccc(Cl)cc2)C1=O.